The van der Waals surface area contributed by atoms with Crippen molar-refractivity contribution in [2.24, 2.45) is 27.2 Å². The molecule has 7 heteroatoms. The monoisotopic (exact) mass is 287 g/mol. The Labute approximate surface area is 117 Å². The molecule has 1 aliphatic rings. The summed E-state index contributed by atoms with van der Waals surface area (Å²) in [5.74, 6) is 0.107. The van der Waals surface area contributed by atoms with Crippen LogP contribution in [0, 0.1) is 6.92 Å². The average Bonchev–Trinajstić information content (AvgIpc) is 2.58. The Morgan fingerprint density at radius 3 is 2.78 bits per heavy atom. The summed E-state index contributed by atoms with van der Waals surface area (Å²) in [5, 5.41) is 0. The van der Waals surface area contributed by atoms with Crippen molar-refractivity contribution < 1.29 is 0 Å². The molecule has 0 amide bonds. The second-order valence-electron chi connectivity index (χ2n) is 4.17. The van der Waals surface area contributed by atoms with Gasteiger partial charge in [0.05, 0.1) is 6.04 Å². The topological polar surface area (TPSA) is 103 Å². The minimum atomic E-state index is -0.0521. The standard InChI is InChI=1S/C11H17N5S.ClH/c1-6-5-7-8(3-2-4-9(7)17-6)15-11(14)16-10(12)13;/h5,8H,2-4H2,1H3,(H6,12,13,14,15,16);1H. The number of rotatable bonds is 1. The lowest BCUT2D eigenvalue weighted by molar-refractivity contribution is 0.579. The molecule has 0 saturated carbocycles. The van der Waals surface area contributed by atoms with Gasteiger partial charge in [-0.1, -0.05) is 0 Å². The molecule has 100 valence electrons. The first-order chi connectivity index (χ1) is 8.06. The van der Waals surface area contributed by atoms with Crippen LogP contribution in [0.25, 0.3) is 0 Å². The van der Waals surface area contributed by atoms with Gasteiger partial charge in [-0.3, -0.25) is 0 Å². The van der Waals surface area contributed by atoms with Crippen LogP contribution in [0.4, 0.5) is 0 Å². The first-order valence-corrected chi connectivity index (χ1v) is 6.40. The first-order valence-electron chi connectivity index (χ1n) is 5.58. The maximum absolute atomic E-state index is 5.68. The van der Waals surface area contributed by atoms with Gasteiger partial charge in [0.25, 0.3) is 0 Å². The molecular formula is C11H18ClN5S. The Balaban J connectivity index is 0.00000162. The van der Waals surface area contributed by atoms with Crippen molar-refractivity contribution in [1.29, 1.82) is 0 Å². The van der Waals surface area contributed by atoms with E-state index in [4.69, 9.17) is 17.2 Å². The number of halogens is 1. The highest BCUT2D eigenvalue weighted by molar-refractivity contribution is 7.12. The second-order valence-corrected chi connectivity index (χ2v) is 5.51. The largest absolute Gasteiger partial charge is 0.370 e. The van der Waals surface area contributed by atoms with Gasteiger partial charge in [0.1, 0.15) is 0 Å². The molecule has 0 aromatic carbocycles. The fraction of sp³-hybridized carbons (Fsp3) is 0.455. The summed E-state index contributed by atoms with van der Waals surface area (Å²) >= 11 is 1.84. The lowest BCUT2D eigenvalue weighted by Gasteiger charge is -2.18. The third kappa shape index (κ3) is 3.36. The van der Waals surface area contributed by atoms with Crippen molar-refractivity contribution in [3.05, 3.63) is 21.4 Å². The number of hydrogen-bond acceptors (Lipinski definition) is 2. The molecular weight excluding hydrogens is 270 g/mol. The predicted octanol–water partition coefficient (Wildman–Crippen LogP) is 1.44. The fourth-order valence-corrected chi connectivity index (χ4v) is 3.26. The van der Waals surface area contributed by atoms with E-state index < -0.39 is 0 Å². The van der Waals surface area contributed by atoms with Crippen LogP contribution in [0.2, 0.25) is 0 Å². The quantitative estimate of drug-likeness (QED) is 0.538. The SMILES string of the molecule is Cc1cc2c(s1)CCCC2N=C(N)N=C(N)N.Cl. The van der Waals surface area contributed by atoms with Crippen molar-refractivity contribution in [3.8, 4) is 0 Å². The maximum atomic E-state index is 5.68. The summed E-state index contributed by atoms with van der Waals surface area (Å²) in [6.07, 6.45) is 3.28. The van der Waals surface area contributed by atoms with Crippen LogP contribution >= 0.6 is 23.7 Å². The molecule has 1 aliphatic carbocycles. The summed E-state index contributed by atoms with van der Waals surface area (Å²) in [6.45, 7) is 2.11. The summed E-state index contributed by atoms with van der Waals surface area (Å²) in [7, 11) is 0. The van der Waals surface area contributed by atoms with Crippen molar-refractivity contribution in [2.75, 3.05) is 0 Å². The number of aryl methyl sites for hydroxylation is 2. The van der Waals surface area contributed by atoms with E-state index in [0.717, 1.165) is 19.3 Å². The Bertz CT molecular complexity index is 476. The van der Waals surface area contributed by atoms with E-state index in [9.17, 15) is 0 Å². The molecule has 1 aromatic rings. The molecule has 0 radical (unpaired) electrons. The van der Waals surface area contributed by atoms with Gasteiger partial charge >= 0.3 is 0 Å². The van der Waals surface area contributed by atoms with Crippen molar-refractivity contribution >= 4 is 35.7 Å². The van der Waals surface area contributed by atoms with Crippen LogP contribution in [-0.4, -0.2) is 11.9 Å². The number of fused-ring (bicyclic) bond motifs is 1. The van der Waals surface area contributed by atoms with Gasteiger partial charge in [-0.2, -0.15) is 4.99 Å². The van der Waals surface area contributed by atoms with E-state index in [-0.39, 0.29) is 30.4 Å². The van der Waals surface area contributed by atoms with E-state index in [1.807, 2.05) is 11.3 Å². The second kappa shape index (κ2) is 6.06. The molecule has 0 spiro atoms. The number of aliphatic imine (C=N–C) groups is 2. The molecule has 1 atom stereocenters. The highest BCUT2D eigenvalue weighted by Gasteiger charge is 2.21. The van der Waals surface area contributed by atoms with Crippen molar-refractivity contribution in [2.45, 2.75) is 32.2 Å². The Morgan fingerprint density at radius 1 is 1.39 bits per heavy atom. The summed E-state index contributed by atoms with van der Waals surface area (Å²) in [6, 6.07) is 2.29. The minimum Gasteiger partial charge on any atom is -0.370 e. The van der Waals surface area contributed by atoms with Crippen LogP contribution < -0.4 is 17.2 Å². The zero-order chi connectivity index (χ0) is 12.4. The molecule has 0 fully saturated rings. The number of nitrogens with zero attached hydrogens (tertiary/aromatic N) is 2. The zero-order valence-corrected chi connectivity index (χ0v) is 11.9. The maximum Gasteiger partial charge on any atom is 0.219 e. The molecule has 1 heterocycles. The van der Waals surface area contributed by atoms with Gasteiger partial charge in [0.15, 0.2) is 5.96 Å². The molecule has 1 aromatic heterocycles. The van der Waals surface area contributed by atoms with E-state index in [1.165, 1.54) is 15.3 Å². The van der Waals surface area contributed by atoms with Crippen LogP contribution in [0.5, 0.6) is 0 Å². The summed E-state index contributed by atoms with van der Waals surface area (Å²) in [4.78, 5) is 10.9. The number of hydrogen-bond donors (Lipinski definition) is 3. The molecule has 2 rings (SSSR count). The molecule has 1 unspecified atom stereocenters. The van der Waals surface area contributed by atoms with Gasteiger partial charge < -0.3 is 17.2 Å². The van der Waals surface area contributed by atoms with Gasteiger partial charge in [-0.25, -0.2) is 4.99 Å². The van der Waals surface area contributed by atoms with E-state index in [1.54, 1.807) is 0 Å². The molecule has 0 saturated heterocycles. The van der Waals surface area contributed by atoms with Crippen molar-refractivity contribution in [1.82, 2.24) is 0 Å². The van der Waals surface area contributed by atoms with Gasteiger partial charge in [0, 0.05) is 9.75 Å². The Morgan fingerprint density at radius 2 is 2.11 bits per heavy atom. The average molecular weight is 288 g/mol. The van der Waals surface area contributed by atoms with Gasteiger partial charge in [-0.15, -0.1) is 23.7 Å². The third-order valence-electron chi connectivity index (χ3n) is 2.74. The molecule has 18 heavy (non-hydrogen) atoms. The van der Waals surface area contributed by atoms with Gasteiger partial charge in [-0.05, 0) is 37.8 Å². The smallest absolute Gasteiger partial charge is 0.219 e. The van der Waals surface area contributed by atoms with Crippen LogP contribution in [0.3, 0.4) is 0 Å². The van der Waals surface area contributed by atoms with Crippen molar-refractivity contribution in [3.63, 3.8) is 0 Å². The number of guanidine groups is 2. The zero-order valence-electron chi connectivity index (χ0n) is 10.2. The predicted molar refractivity (Wildman–Crippen MR) is 79.4 cm³/mol. The van der Waals surface area contributed by atoms with E-state index >= 15 is 0 Å². The minimum absolute atomic E-state index is 0. The van der Waals surface area contributed by atoms with Crippen LogP contribution in [-0.2, 0) is 6.42 Å². The van der Waals surface area contributed by atoms with Gasteiger partial charge in [0.2, 0.25) is 5.96 Å². The van der Waals surface area contributed by atoms with Crippen LogP contribution in [0.15, 0.2) is 16.1 Å². The summed E-state index contributed by atoms with van der Waals surface area (Å²) in [5.41, 5.74) is 17.5. The molecule has 0 bridgehead atoms. The first kappa shape index (κ1) is 14.8. The molecule has 5 nitrogen and oxygen atoms in total. The Kier molecular flexibility index (Phi) is 4.98. The van der Waals surface area contributed by atoms with Crippen LogP contribution in [0.1, 0.15) is 34.2 Å². The summed E-state index contributed by atoms with van der Waals surface area (Å²) < 4.78 is 0. The van der Waals surface area contributed by atoms with E-state index in [2.05, 4.69) is 23.0 Å². The highest BCUT2D eigenvalue weighted by Crippen LogP contribution is 2.37. The molecule has 6 N–H and O–H groups in total. The fourth-order valence-electron chi connectivity index (χ4n) is 2.13. The third-order valence-corrected chi connectivity index (χ3v) is 3.86. The van der Waals surface area contributed by atoms with E-state index in [0.29, 0.717) is 0 Å². The number of nitrogens with two attached hydrogens (primary N) is 3. The molecule has 0 aliphatic heterocycles. The highest BCUT2D eigenvalue weighted by atomic mass is 35.5. The lowest BCUT2D eigenvalue weighted by Crippen LogP contribution is -2.26. The normalized spacial score (nSPS) is 18.7. The lowest BCUT2D eigenvalue weighted by atomic mass is 9.94. The Hall–Kier alpha value is -1.27. The number of thiophene rings is 1.